The van der Waals surface area contributed by atoms with Crippen LogP contribution in [-0.4, -0.2) is 38.4 Å². The third-order valence-corrected chi connectivity index (χ3v) is 3.15. The standard InChI is InChI=1S/C19H31N3O2.HI/c1-5-13-24-18-11-8-7-10-17(18)15-22-19(20-6-2)21-12-9-14-23-16(3)4;/h5,7-8,10-11,16H,1,6,9,12-15H2,2-4H3,(H2,20,21,22);1H. The van der Waals surface area contributed by atoms with E-state index in [1.165, 1.54) is 0 Å². The van der Waals surface area contributed by atoms with E-state index in [1.54, 1.807) is 6.08 Å². The summed E-state index contributed by atoms with van der Waals surface area (Å²) in [5.74, 6) is 1.66. The van der Waals surface area contributed by atoms with Crippen LogP contribution in [0, 0.1) is 0 Å². The van der Waals surface area contributed by atoms with Gasteiger partial charge in [0.05, 0.1) is 12.6 Å². The summed E-state index contributed by atoms with van der Waals surface area (Å²) in [5.41, 5.74) is 1.06. The smallest absolute Gasteiger partial charge is 0.191 e. The average molecular weight is 461 g/mol. The Hall–Kier alpha value is -1.28. The zero-order valence-corrected chi connectivity index (χ0v) is 17.9. The molecule has 0 heterocycles. The summed E-state index contributed by atoms with van der Waals surface area (Å²) >= 11 is 0. The maximum Gasteiger partial charge on any atom is 0.191 e. The zero-order chi connectivity index (χ0) is 17.6. The van der Waals surface area contributed by atoms with Crippen LogP contribution >= 0.6 is 24.0 Å². The average Bonchev–Trinajstić information content (AvgIpc) is 2.57. The van der Waals surface area contributed by atoms with Crippen molar-refractivity contribution in [3.05, 3.63) is 42.5 Å². The van der Waals surface area contributed by atoms with Gasteiger partial charge in [-0.25, -0.2) is 4.99 Å². The Morgan fingerprint density at radius 1 is 1.28 bits per heavy atom. The second-order valence-corrected chi connectivity index (χ2v) is 5.60. The van der Waals surface area contributed by atoms with E-state index in [0.717, 1.165) is 43.4 Å². The summed E-state index contributed by atoms with van der Waals surface area (Å²) in [6, 6.07) is 7.94. The first kappa shape index (κ1) is 23.7. The fraction of sp³-hybridized carbons (Fsp3) is 0.526. The van der Waals surface area contributed by atoms with E-state index < -0.39 is 0 Å². The van der Waals surface area contributed by atoms with Crippen LogP contribution in [0.3, 0.4) is 0 Å². The van der Waals surface area contributed by atoms with E-state index in [1.807, 2.05) is 38.1 Å². The van der Waals surface area contributed by atoms with Crippen molar-refractivity contribution >= 4 is 29.9 Å². The highest BCUT2D eigenvalue weighted by Gasteiger charge is 2.03. The normalized spacial score (nSPS) is 11.0. The van der Waals surface area contributed by atoms with E-state index in [2.05, 4.69) is 29.1 Å². The minimum atomic E-state index is 0. The number of rotatable bonds is 11. The van der Waals surface area contributed by atoms with Crippen LogP contribution < -0.4 is 15.4 Å². The molecule has 25 heavy (non-hydrogen) atoms. The Balaban J connectivity index is 0.00000576. The molecule has 0 saturated carbocycles. The number of hydrogen-bond acceptors (Lipinski definition) is 3. The fourth-order valence-electron chi connectivity index (χ4n) is 2.03. The summed E-state index contributed by atoms with van der Waals surface area (Å²) in [6.45, 7) is 13.3. The van der Waals surface area contributed by atoms with E-state index in [0.29, 0.717) is 13.2 Å². The van der Waals surface area contributed by atoms with Crippen molar-refractivity contribution in [2.24, 2.45) is 4.99 Å². The van der Waals surface area contributed by atoms with E-state index in [-0.39, 0.29) is 30.1 Å². The highest BCUT2D eigenvalue weighted by atomic mass is 127. The van der Waals surface area contributed by atoms with Crippen LogP contribution in [0.15, 0.2) is 41.9 Å². The van der Waals surface area contributed by atoms with E-state index in [9.17, 15) is 0 Å². The molecule has 0 aromatic heterocycles. The molecule has 0 amide bonds. The third-order valence-electron chi connectivity index (χ3n) is 3.15. The number of ether oxygens (including phenoxy) is 2. The first-order chi connectivity index (χ1) is 11.7. The summed E-state index contributed by atoms with van der Waals surface area (Å²) in [6.07, 6.45) is 2.96. The van der Waals surface area contributed by atoms with Crippen molar-refractivity contribution in [1.82, 2.24) is 10.6 Å². The zero-order valence-electron chi connectivity index (χ0n) is 15.6. The molecule has 0 aliphatic heterocycles. The number of para-hydroxylation sites is 1. The highest BCUT2D eigenvalue weighted by Crippen LogP contribution is 2.18. The molecule has 1 aromatic carbocycles. The lowest BCUT2D eigenvalue weighted by Gasteiger charge is -2.13. The van der Waals surface area contributed by atoms with Gasteiger partial charge in [0.25, 0.3) is 0 Å². The summed E-state index contributed by atoms with van der Waals surface area (Å²) in [5, 5.41) is 6.59. The molecule has 1 aromatic rings. The van der Waals surface area contributed by atoms with E-state index >= 15 is 0 Å². The lowest BCUT2D eigenvalue weighted by Crippen LogP contribution is -2.38. The lowest BCUT2D eigenvalue weighted by atomic mass is 10.2. The van der Waals surface area contributed by atoms with Crippen LogP contribution in [0.4, 0.5) is 0 Å². The molecule has 0 unspecified atom stereocenters. The maximum absolute atomic E-state index is 5.67. The molecular formula is C19H32IN3O2. The third kappa shape index (κ3) is 11.0. The molecular weight excluding hydrogens is 429 g/mol. The molecule has 0 radical (unpaired) electrons. The summed E-state index contributed by atoms with van der Waals surface area (Å²) < 4.78 is 11.2. The summed E-state index contributed by atoms with van der Waals surface area (Å²) in [7, 11) is 0. The van der Waals surface area contributed by atoms with Gasteiger partial charge in [-0.15, -0.1) is 24.0 Å². The molecule has 0 aliphatic carbocycles. The SMILES string of the molecule is C=CCOc1ccccc1CN=C(NCC)NCCCOC(C)C.I. The predicted molar refractivity (Wildman–Crippen MR) is 116 cm³/mol. The molecule has 0 aliphatic rings. The van der Waals surface area contributed by atoms with Gasteiger partial charge in [0.2, 0.25) is 0 Å². The number of benzene rings is 1. The molecule has 0 atom stereocenters. The topological polar surface area (TPSA) is 54.9 Å². The molecule has 0 fully saturated rings. The van der Waals surface area contributed by atoms with Gasteiger partial charge in [0.15, 0.2) is 5.96 Å². The molecule has 1 rings (SSSR count). The molecule has 0 saturated heterocycles. The van der Waals surface area contributed by atoms with Crippen LogP contribution in [-0.2, 0) is 11.3 Å². The van der Waals surface area contributed by atoms with Crippen molar-refractivity contribution in [1.29, 1.82) is 0 Å². The Morgan fingerprint density at radius 2 is 2.04 bits per heavy atom. The van der Waals surface area contributed by atoms with Gasteiger partial charge < -0.3 is 20.1 Å². The van der Waals surface area contributed by atoms with Crippen molar-refractivity contribution in [2.75, 3.05) is 26.3 Å². The van der Waals surface area contributed by atoms with Crippen molar-refractivity contribution in [3.8, 4) is 5.75 Å². The van der Waals surface area contributed by atoms with E-state index in [4.69, 9.17) is 9.47 Å². The number of halogens is 1. The number of nitrogens with one attached hydrogen (secondary N) is 2. The monoisotopic (exact) mass is 461 g/mol. The number of aliphatic imine (C=N–C) groups is 1. The van der Waals surface area contributed by atoms with Crippen LogP contribution in [0.5, 0.6) is 5.75 Å². The molecule has 2 N–H and O–H groups in total. The maximum atomic E-state index is 5.67. The molecule has 0 bridgehead atoms. The first-order valence-electron chi connectivity index (χ1n) is 8.62. The van der Waals surface area contributed by atoms with Crippen molar-refractivity contribution in [2.45, 2.75) is 39.8 Å². The number of nitrogens with zero attached hydrogens (tertiary/aromatic N) is 1. The first-order valence-corrected chi connectivity index (χ1v) is 8.62. The second-order valence-electron chi connectivity index (χ2n) is 5.60. The van der Waals surface area contributed by atoms with Crippen LogP contribution in [0.2, 0.25) is 0 Å². The second kappa shape index (κ2) is 15.0. The van der Waals surface area contributed by atoms with Crippen LogP contribution in [0.25, 0.3) is 0 Å². The number of hydrogen-bond donors (Lipinski definition) is 2. The Kier molecular flexibility index (Phi) is 14.2. The molecule has 0 spiro atoms. The summed E-state index contributed by atoms with van der Waals surface area (Å²) in [4.78, 5) is 4.63. The van der Waals surface area contributed by atoms with Gasteiger partial charge in [0, 0.05) is 25.3 Å². The lowest BCUT2D eigenvalue weighted by molar-refractivity contribution is 0.0776. The minimum Gasteiger partial charge on any atom is -0.489 e. The van der Waals surface area contributed by atoms with Crippen molar-refractivity contribution in [3.63, 3.8) is 0 Å². The van der Waals surface area contributed by atoms with Gasteiger partial charge >= 0.3 is 0 Å². The van der Waals surface area contributed by atoms with Crippen LogP contribution in [0.1, 0.15) is 32.8 Å². The fourth-order valence-corrected chi connectivity index (χ4v) is 2.03. The van der Waals surface area contributed by atoms with Gasteiger partial charge in [0.1, 0.15) is 12.4 Å². The van der Waals surface area contributed by atoms with Gasteiger partial charge in [-0.3, -0.25) is 0 Å². The van der Waals surface area contributed by atoms with Gasteiger partial charge in [-0.1, -0.05) is 30.9 Å². The Labute approximate surface area is 169 Å². The van der Waals surface area contributed by atoms with Crippen molar-refractivity contribution < 1.29 is 9.47 Å². The quantitative estimate of drug-likeness (QED) is 0.173. The molecule has 142 valence electrons. The molecule has 6 heteroatoms. The Bertz CT molecular complexity index is 507. The number of guanidine groups is 1. The minimum absolute atomic E-state index is 0. The van der Waals surface area contributed by atoms with Gasteiger partial charge in [-0.05, 0) is 33.3 Å². The van der Waals surface area contributed by atoms with Gasteiger partial charge in [-0.2, -0.15) is 0 Å². The molecule has 5 nitrogen and oxygen atoms in total. The highest BCUT2D eigenvalue weighted by molar-refractivity contribution is 14.0. The largest absolute Gasteiger partial charge is 0.489 e. The predicted octanol–water partition coefficient (Wildman–Crippen LogP) is 3.74. The Morgan fingerprint density at radius 3 is 2.72 bits per heavy atom.